The van der Waals surface area contributed by atoms with Crippen molar-refractivity contribution >= 4 is 6.21 Å². The summed E-state index contributed by atoms with van der Waals surface area (Å²) in [5.74, 6) is 1.51. The van der Waals surface area contributed by atoms with Gasteiger partial charge in [-0.3, -0.25) is 0 Å². The van der Waals surface area contributed by atoms with Crippen LogP contribution in [0.25, 0.3) is 0 Å². The third kappa shape index (κ3) is 2.33. The maximum Gasteiger partial charge on any atom is 0.0227 e. The summed E-state index contributed by atoms with van der Waals surface area (Å²) in [5.41, 5.74) is 7.83. The molecule has 0 aliphatic heterocycles. The summed E-state index contributed by atoms with van der Waals surface area (Å²) in [6, 6.07) is 0. The van der Waals surface area contributed by atoms with Crippen LogP contribution in [0.5, 0.6) is 0 Å². The quantitative estimate of drug-likeness (QED) is 0.648. The van der Waals surface area contributed by atoms with Gasteiger partial charge in [0.25, 0.3) is 0 Å². The number of allylic oxidation sites excluding steroid dienone is 2. The zero-order valence-electron chi connectivity index (χ0n) is 8.64. The van der Waals surface area contributed by atoms with E-state index in [0.717, 1.165) is 35.9 Å². The smallest absolute Gasteiger partial charge is 0.0227 e. The fourth-order valence-electron chi connectivity index (χ4n) is 1.99. The average molecular weight is 182 g/mol. The van der Waals surface area contributed by atoms with E-state index < -0.39 is 0 Å². The summed E-state index contributed by atoms with van der Waals surface area (Å²) in [4.78, 5) is 0. The van der Waals surface area contributed by atoms with Crippen LogP contribution < -0.4 is 5.73 Å². The van der Waals surface area contributed by atoms with Crippen LogP contribution in [0.3, 0.4) is 0 Å². The molecule has 13 heavy (non-hydrogen) atoms. The van der Waals surface area contributed by atoms with Crippen molar-refractivity contribution < 1.29 is 1.43 Å². The predicted octanol–water partition coefficient (Wildman–Crippen LogP) is 2.94. The Bertz CT molecular complexity index is 223. The number of nitrogens with two attached hydrogens (primary N) is 1. The Morgan fingerprint density at radius 3 is 3.00 bits per heavy atom. The van der Waals surface area contributed by atoms with Crippen molar-refractivity contribution in [1.29, 1.82) is 5.41 Å². The number of hydrogen-bond acceptors (Lipinski definition) is 2. The Hall–Kier alpha value is -0.790. The summed E-state index contributed by atoms with van der Waals surface area (Å²) < 4.78 is 0. The minimum Gasteiger partial charge on any atom is -0.402 e. The normalized spacial score (nSPS) is 25.8. The molecule has 0 amide bonds. The van der Waals surface area contributed by atoms with Crippen molar-refractivity contribution in [3.05, 3.63) is 11.3 Å². The molecule has 1 aliphatic carbocycles. The summed E-state index contributed by atoms with van der Waals surface area (Å²) >= 11 is 0. The second-order valence-corrected chi connectivity index (χ2v) is 4.08. The molecule has 1 rings (SSSR count). The highest BCUT2D eigenvalue weighted by atomic mass is 14.6. The Kier molecular flexibility index (Phi) is 3.52. The summed E-state index contributed by atoms with van der Waals surface area (Å²) in [5, 5.41) is 7.25. The Balaban J connectivity index is 0.00000169. The van der Waals surface area contributed by atoms with E-state index in [9.17, 15) is 0 Å². The van der Waals surface area contributed by atoms with Gasteiger partial charge in [-0.15, -0.1) is 0 Å². The maximum atomic E-state index is 7.25. The molecule has 0 radical (unpaired) electrons. The summed E-state index contributed by atoms with van der Waals surface area (Å²) in [6.07, 6.45) is 5.88. The standard InChI is InChI=1S/C11H20N2.H2/c1-3-8(2)9-4-5-11(13)10(6-9)7-12;/h7-9,12H,3-6,13H2,1-2H3;1H. The molecule has 0 fully saturated rings. The van der Waals surface area contributed by atoms with E-state index in [0.29, 0.717) is 0 Å². The zero-order valence-corrected chi connectivity index (χ0v) is 8.64. The van der Waals surface area contributed by atoms with Gasteiger partial charge >= 0.3 is 0 Å². The lowest BCUT2D eigenvalue weighted by atomic mass is 9.79. The Labute approximate surface area is 82.2 Å². The molecular formula is C11H22N2. The first kappa shape index (κ1) is 10.3. The molecule has 0 aromatic rings. The highest BCUT2D eigenvalue weighted by Gasteiger charge is 2.22. The summed E-state index contributed by atoms with van der Waals surface area (Å²) in [7, 11) is 0. The van der Waals surface area contributed by atoms with E-state index in [1.54, 1.807) is 0 Å². The lowest BCUT2D eigenvalue weighted by molar-refractivity contribution is 0.315. The fraction of sp³-hybridized carbons (Fsp3) is 0.727. The third-order valence-corrected chi connectivity index (χ3v) is 3.30. The van der Waals surface area contributed by atoms with E-state index >= 15 is 0 Å². The van der Waals surface area contributed by atoms with Gasteiger partial charge in [0.15, 0.2) is 0 Å². The largest absolute Gasteiger partial charge is 0.402 e. The first-order valence-corrected chi connectivity index (χ1v) is 5.17. The fourth-order valence-corrected chi connectivity index (χ4v) is 1.99. The third-order valence-electron chi connectivity index (χ3n) is 3.30. The molecule has 1 aliphatic rings. The van der Waals surface area contributed by atoms with E-state index in [-0.39, 0.29) is 1.43 Å². The molecule has 76 valence electrons. The monoisotopic (exact) mass is 182 g/mol. The van der Waals surface area contributed by atoms with Crippen LogP contribution >= 0.6 is 0 Å². The molecule has 2 nitrogen and oxygen atoms in total. The first-order chi connectivity index (χ1) is 6.19. The van der Waals surface area contributed by atoms with Crippen LogP contribution in [0, 0.1) is 17.2 Å². The zero-order chi connectivity index (χ0) is 9.84. The van der Waals surface area contributed by atoms with Crippen LogP contribution in [0.15, 0.2) is 11.3 Å². The molecule has 3 N–H and O–H groups in total. The van der Waals surface area contributed by atoms with Gasteiger partial charge in [-0.1, -0.05) is 20.3 Å². The highest BCUT2D eigenvalue weighted by molar-refractivity contribution is 5.77. The van der Waals surface area contributed by atoms with Crippen molar-refractivity contribution in [3.8, 4) is 0 Å². The van der Waals surface area contributed by atoms with E-state index in [2.05, 4.69) is 13.8 Å². The van der Waals surface area contributed by atoms with Gasteiger partial charge in [0.05, 0.1) is 0 Å². The molecule has 0 spiro atoms. The summed E-state index contributed by atoms with van der Waals surface area (Å²) in [6.45, 7) is 4.53. The second-order valence-electron chi connectivity index (χ2n) is 4.08. The highest BCUT2D eigenvalue weighted by Crippen LogP contribution is 2.32. The minimum atomic E-state index is 0. The molecule has 2 heteroatoms. The SMILES string of the molecule is CCC(C)C1CCC(N)=C(C=N)C1.[HH]. The van der Waals surface area contributed by atoms with Gasteiger partial charge in [0.1, 0.15) is 0 Å². The van der Waals surface area contributed by atoms with Crippen molar-refractivity contribution in [2.75, 3.05) is 0 Å². The van der Waals surface area contributed by atoms with Gasteiger partial charge in [-0.05, 0) is 36.7 Å². The molecule has 0 aromatic heterocycles. The van der Waals surface area contributed by atoms with Gasteiger partial charge in [-0.25, -0.2) is 0 Å². The molecule has 0 bridgehead atoms. The van der Waals surface area contributed by atoms with Crippen LogP contribution in [-0.4, -0.2) is 6.21 Å². The predicted molar refractivity (Wildman–Crippen MR) is 58.9 cm³/mol. The van der Waals surface area contributed by atoms with Gasteiger partial charge in [-0.2, -0.15) is 0 Å². The van der Waals surface area contributed by atoms with Crippen molar-refractivity contribution in [2.45, 2.75) is 39.5 Å². The van der Waals surface area contributed by atoms with Crippen molar-refractivity contribution in [3.63, 3.8) is 0 Å². The van der Waals surface area contributed by atoms with Crippen molar-refractivity contribution in [2.24, 2.45) is 17.6 Å². The molecule has 0 heterocycles. The van der Waals surface area contributed by atoms with Gasteiger partial charge in [0.2, 0.25) is 0 Å². The lowest BCUT2D eigenvalue weighted by Crippen LogP contribution is -2.20. The lowest BCUT2D eigenvalue weighted by Gasteiger charge is -2.28. The van der Waals surface area contributed by atoms with E-state index in [1.165, 1.54) is 19.1 Å². The van der Waals surface area contributed by atoms with E-state index in [4.69, 9.17) is 11.1 Å². The molecule has 0 saturated carbocycles. The number of nitrogens with one attached hydrogen (secondary N) is 1. The molecular weight excluding hydrogens is 160 g/mol. The van der Waals surface area contributed by atoms with Crippen molar-refractivity contribution in [1.82, 2.24) is 0 Å². The molecule has 0 aromatic carbocycles. The number of rotatable bonds is 3. The van der Waals surface area contributed by atoms with Crippen LogP contribution in [0.1, 0.15) is 41.0 Å². The Morgan fingerprint density at radius 1 is 1.77 bits per heavy atom. The van der Waals surface area contributed by atoms with Crippen LogP contribution in [-0.2, 0) is 0 Å². The number of hydrogen-bond donors (Lipinski definition) is 2. The van der Waals surface area contributed by atoms with E-state index in [1.807, 2.05) is 0 Å². The maximum absolute atomic E-state index is 7.25. The second kappa shape index (κ2) is 4.45. The van der Waals surface area contributed by atoms with Crippen LogP contribution in [0.4, 0.5) is 0 Å². The minimum absolute atomic E-state index is 0. The molecule has 2 unspecified atom stereocenters. The van der Waals surface area contributed by atoms with Crippen LogP contribution in [0.2, 0.25) is 0 Å². The average Bonchev–Trinajstić information content (AvgIpc) is 2.17. The topological polar surface area (TPSA) is 49.9 Å². The first-order valence-electron chi connectivity index (χ1n) is 5.17. The van der Waals surface area contributed by atoms with Gasteiger partial charge < -0.3 is 11.1 Å². The Morgan fingerprint density at radius 2 is 2.46 bits per heavy atom. The van der Waals surface area contributed by atoms with Gasteiger partial charge in [0, 0.05) is 13.3 Å². The molecule has 2 atom stereocenters. The molecule has 0 saturated heterocycles.